The Balaban J connectivity index is 2.21. The summed E-state index contributed by atoms with van der Waals surface area (Å²) < 4.78 is 0. The number of hydrogen-bond acceptors (Lipinski definition) is 3. The van der Waals surface area contributed by atoms with Crippen molar-refractivity contribution < 1.29 is 0 Å². The molecular formula is C14H15N3. The fourth-order valence-electron chi connectivity index (χ4n) is 2.03. The van der Waals surface area contributed by atoms with E-state index in [0.717, 1.165) is 23.4 Å². The molecule has 0 N–H and O–H groups in total. The van der Waals surface area contributed by atoms with Crippen molar-refractivity contribution in [3.63, 3.8) is 0 Å². The topological polar surface area (TPSA) is 50.8 Å². The van der Waals surface area contributed by atoms with Gasteiger partial charge in [0.1, 0.15) is 0 Å². The highest BCUT2D eigenvalue weighted by molar-refractivity contribution is 5.55. The Bertz CT molecular complexity index is 489. The highest BCUT2D eigenvalue weighted by Crippen LogP contribution is 2.32. The highest BCUT2D eigenvalue weighted by Gasteiger charge is 2.28. The molecule has 0 atom stereocenters. The predicted molar refractivity (Wildman–Crippen MR) is 66.5 cm³/mol. The minimum absolute atomic E-state index is 0.551. The van der Waals surface area contributed by atoms with Crippen LogP contribution in [0, 0.1) is 29.6 Å². The molecule has 0 saturated heterocycles. The van der Waals surface area contributed by atoms with Crippen LogP contribution >= 0.6 is 0 Å². The van der Waals surface area contributed by atoms with E-state index in [9.17, 15) is 0 Å². The van der Waals surface area contributed by atoms with Gasteiger partial charge < -0.3 is 4.90 Å². The molecule has 0 aliphatic heterocycles. The van der Waals surface area contributed by atoms with Gasteiger partial charge in [0.05, 0.1) is 24.1 Å². The number of nitriles is 2. The number of aryl methyl sites for hydroxylation is 1. The number of nitrogens with zero attached hydrogens (tertiary/aromatic N) is 3. The van der Waals surface area contributed by atoms with Crippen LogP contribution in [-0.4, -0.2) is 12.6 Å². The van der Waals surface area contributed by atoms with Gasteiger partial charge in [-0.25, -0.2) is 0 Å². The number of benzene rings is 1. The number of anilines is 1. The van der Waals surface area contributed by atoms with E-state index in [1.165, 1.54) is 12.8 Å². The van der Waals surface area contributed by atoms with Gasteiger partial charge in [-0.3, -0.25) is 0 Å². The van der Waals surface area contributed by atoms with Crippen LogP contribution in [0.5, 0.6) is 0 Å². The van der Waals surface area contributed by atoms with E-state index in [2.05, 4.69) is 17.0 Å². The lowest BCUT2D eigenvalue weighted by Gasteiger charge is -2.24. The van der Waals surface area contributed by atoms with Crippen LogP contribution in [0.3, 0.4) is 0 Å². The molecule has 0 bridgehead atoms. The fraction of sp³-hybridized carbons (Fsp3) is 0.429. The van der Waals surface area contributed by atoms with Crippen molar-refractivity contribution in [1.29, 1.82) is 10.5 Å². The Kier molecular flexibility index (Phi) is 3.30. The molecule has 0 heterocycles. The molecule has 1 fully saturated rings. The largest absolute Gasteiger partial charge is 0.368 e. The van der Waals surface area contributed by atoms with Crippen molar-refractivity contribution in [2.24, 2.45) is 0 Å². The molecule has 86 valence electrons. The summed E-state index contributed by atoms with van der Waals surface area (Å²) >= 11 is 0. The van der Waals surface area contributed by atoms with E-state index in [0.29, 0.717) is 12.5 Å². The summed E-state index contributed by atoms with van der Waals surface area (Å²) in [7, 11) is 0. The average molecular weight is 225 g/mol. The molecule has 0 radical (unpaired) electrons. The molecule has 1 aliphatic rings. The Labute approximate surface area is 102 Å². The molecule has 3 nitrogen and oxygen atoms in total. The first-order valence-corrected chi connectivity index (χ1v) is 5.90. The Hall–Kier alpha value is -2.00. The molecule has 0 spiro atoms. The Morgan fingerprint density at radius 1 is 1.35 bits per heavy atom. The first-order chi connectivity index (χ1) is 8.26. The Morgan fingerprint density at radius 2 is 2.12 bits per heavy atom. The molecule has 0 unspecified atom stereocenters. The van der Waals surface area contributed by atoms with E-state index in [1.807, 2.05) is 25.1 Å². The van der Waals surface area contributed by atoms with Crippen molar-refractivity contribution in [2.45, 2.75) is 32.2 Å². The van der Waals surface area contributed by atoms with Crippen LogP contribution in [0.1, 0.15) is 30.4 Å². The third kappa shape index (κ3) is 2.57. The summed E-state index contributed by atoms with van der Waals surface area (Å²) in [5, 5.41) is 17.6. The SMILES string of the molecule is Cc1cc(N(CCC#N)C2CC2)ccc1C#N. The van der Waals surface area contributed by atoms with Crippen LogP contribution in [0.2, 0.25) is 0 Å². The number of hydrogen-bond donors (Lipinski definition) is 0. The molecule has 1 aliphatic carbocycles. The first-order valence-electron chi connectivity index (χ1n) is 5.90. The van der Waals surface area contributed by atoms with Gasteiger partial charge in [-0.2, -0.15) is 10.5 Å². The maximum Gasteiger partial charge on any atom is 0.0994 e. The molecule has 1 aromatic rings. The van der Waals surface area contributed by atoms with E-state index in [1.54, 1.807) is 0 Å². The molecule has 0 amide bonds. The van der Waals surface area contributed by atoms with Crippen LogP contribution in [0.25, 0.3) is 0 Å². The molecule has 2 rings (SSSR count). The zero-order chi connectivity index (χ0) is 12.3. The molecular weight excluding hydrogens is 210 g/mol. The van der Waals surface area contributed by atoms with Crippen molar-refractivity contribution >= 4 is 5.69 Å². The minimum Gasteiger partial charge on any atom is -0.368 e. The van der Waals surface area contributed by atoms with Crippen LogP contribution in [0.4, 0.5) is 5.69 Å². The third-order valence-electron chi connectivity index (χ3n) is 3.11. The van der Waals surface area contributed by atoms with Crippen LogP contribution in [-0.2, 0) is 0 Å². The van der Waals surface area contributed by atoms with Crippen molar-refractivity contribution in [3.05, 3.63) is 29.3 Å². The van der Waals surface area contributed by atoms with E-state index < -0.39 is 0 Å². The molecule has 3 heteroatoms. The van der Waals surface area contributed by atoms with Crippen LogP contribution < -0.4 is 4.90 Å². The highest BCUT2D eigenvalue weighted by atomic mass is 15.2. The monoisotopic (exact) mass is 225 g/mol. The van der Waals surface area contributed by atoms with Gasteiger partial charge in [0.15, 0.2) is 0 Å². The second-order valence-electron chi connectivity index (χ2n) is 4.44. The van der Waals surface area contributed by atoms with Crippen molar-refractivity contribution in [2.75, 3.05) is 11.4 Å². The summed E-state index contributed by atoms with van der Waals surface area (Å²) in [6.45, 7) is 2.74. The average Bonchev–Trinajstić information content (AvgIpc) is 3.14. The summed E-state index contributed by atoms with van der Waals surface area (Å²) in [5.74, 6) is 0. The second-order valence-corrected chi connectivity index (χ2v) is 4.44. The molecule has 0 aromatic heterocycles. The normalized spacial score (nSPS) is 13.8. The summed E-state index contributed by atoms with van der Waals surface area (Å²) in [4.78, 5) is 2.29. The van der Waals surface area contributed by atoms with Gasteiger partial charge in [0, 0.05) is 18.3 Å². The van der Waals surface area contributed by atoms with E-state index >= 15 is 0 Å². The van der Waals surface area contributed by atoms with E-state index in [-0.39, 0.29) is 0 Å². The van der Waals surface area contributed by atoms with Gasteiger partial charge in [-0.05, 0) is 43.5 Å². The summed E-state index contributed by atoms with van der Waals surface area (Å²) in [6.07, 6.45) is 2.98. The van der Waals surface area contributed by atoms with Gasteiger partial charge in [0.2, 0.25) is 0 Å². The third-order valence-corrected chi connectivity index (χ3v) is 3.11. The van der Waals surface area contributed by atoms with Gasteiger partial charge in [-0.1, -0.05) is 0 Å². The van der Waals surface area contributed by atoms with Crippen LogP contribution in [0.15, 0.2) is 18.2 Å². The standard InChI is InChI=1S/C14H15N3/c1-11-9-14(4-3-12(11)10-16)17(8-2-7-15)13-5-6-13/h3-4,9,13H,2,5-6,8H2,1H3. The summed E-state index contributed by atoms with van der Waals surface area (Å²) in [5.41, 5.74) is 2.87. The lowest BCUT2D eigenvalue weighted by atomic mass is 10.1. The zero-order valence-corrected chi connectivity index (χ0v) is 9.98. The maximum absolute atomic E-state index is 8.90. The maximum atomic E-state index is 8.90. The second kappa shape index (κ2) is 4.89. The minimum atomic E-state index is 0.551. The van der Waals surface area contributed by atoms with Crippen molar-refractivity contribution in [3.8, 4) is 12.1 Å². The lowest BCUT2D eigenvalue weighted by molar-refractivity contribution is 0.792. The fourth-order valence-corrected chi connectivity index (χ4v) is 2.03. The Morgan fingerprint density at radius 3 is 2.65 bits per heavy atom. The van der Waals surface area contributed by atoms with Gasteiger partial charge in [-0.15, -0.1) is 0 Å². The summed E-state index contributed by atoms with van der Waals surface area (Å²) in [6, 6.07) is 10.9. The predicted octanol–water partition coefficient (Wildman–Crippen LogP) is 2.75. The first kappa shape index (κ1) is 11.5. The molecule has 17 heavy (non-hydrogen) atoms. The quantitative estimate of drug-likeness (QED) is 0.791. The smallest absolute Gasteiger partial charge is 0.0994 e. The molecule has 1 saturated carbocycles. The van der Waals surface area contributed by atoms with Gasteiger partial charge >= 0.3 is 0 Å². The zero-order valence-electron chi connectivity index (χ0n) is 9.98. The van der Waals surface area contributed by atoms with Gasteiger partial charge in [0.25, 0.3) is 0 Å². The molecule has 1 aromatic carbocycles. The van der Waals surface area contributed by atoms with Crippen molar-refractivity contribution in [1.82, 2.24) is 0 Å². The number of rotatable bonds is 4. The van der Waals surface area contributed by atoms with E-state index in [4.69, 9.17) is 10.5 Å². The lowest BCUT2D eigenvalue weighted by Crippen LogP contribution is -2.26.